The third kappa shape index (κ3) is 4.94. The Hall–Kier alpha value is -0.120. The third-order valence-corrected chi connectivity index (χ3v) is 5.78. The molecule has 0 amide bonds. The molecule has 0 bridgehead atoms. The molecule has 1 saturated carbocycles. The fourth-order valence-electron chi connectivity index (χ4n) is 3.93. The Kier molecular flexibility index (Phi) is 6.51. The molecule has 0 radical (unpaired) electrons. The first-order valence-corrected chi connectivity index (χ1v) is 9.08. The van der Waals surface area contributed by atoms with Crippen LogP contribution in [0.1, 0.15) is 65.7 Å². The second kappa shape index (κ2) is 7.94. The summed E-state index contributed by atoms with van der Waals surface area (Å²) in [6, 6.07) is 1.43. The fraction of sp³-hybridized carbons (Fsp3) is 1.00. The number of hydrogen-bond acceptors (Lipinski definition) is 3. The van der Waals surface area contributed by atoms with E-state index in [1.165, 1.54) is 58.2 Å². The molecule has 21 heavy (non-hydrogen) atoms. The van der Waals surface area contributed by atoms with Gasteiger partial charge >= 0.3 is 0 Å². The van der Waals surface area contributed by atoms with Crippen LogP contribution in [0.4, 0.5) is 0 Å². The van der Waals surface area contributed by atoms with Crippen molar-refractivity contribution in [3.63, 3.8) is 0 Å². The highest BCUT2D eigenvalue weighted by atomic mass is 16.5. The summed E-state index contributed by atoms with van der Waals surface area (Å²) in [7, 11) is 1.84. The van der Waals surface area contributed by atoms with Crippen LogP contribution >= 0.6 is 0 Å². The van der Waals surface area contributed by atoms with Gasteiger partial charge in [0, 0.05) is 38.8 Å². The van der Waals surface area contributed by atoms with E-state index in [1.807, 2.05) is 7.11 Å². The number of methoxy groups -OCH3 is 1. The van der Waals surface area contributed by atoms with Crippen molar-refractivity contribution in [1.82, 2.24) is 10.2 Å². The van der Waals surface area contributed by atoms with Crippen LogP contribution in [-0.4, -0.2) is 49.3 Å². The van der Waals surface area contributed by atoms with E-state index in [-0.39, 0.29) is 5.60 Å². The topological polar surface area (TPSA) is 24.5 Å². The molecule has 3 nitrogen and oxygen atoms in total. The minimum Gasteiger partial charge on any atom is -0.379 e. The molecule has 2 atom stereocenters. The molecule has 1 saturated heterocycles. The highest BCUT2D eigenvalue weighted by molar-refractivity contribution is 4.91. The SMILES string of the molecule is CCC1CN(CCC(C)(C)OC)C(C2CCCCC2)CN1. The largest absolute Gasteiger partial charge is 0.379 e. The van der Waals surface area contributed by atoms with Crippen LogP contribution in [0.25, 0.3) is 0 Å². The summed E-state index contributed by atoms with van der Waals surface area (Å²) in [5.74, 6) is 0.912. The Labute approximate surface area is 131 Å². The molecule has 1 heterocycles. The molecule has 2 fully saturated rings. The maximum absolute atomic E-state index is 5.62. The lowest BCUT2D eigenvalue weighted by molar-refractivity contribution is -0.00733. The average molecular weight is 296 g/mol. The van der Waals surface area contributed by atoms with Crippen LogP contribution in [0.2, 0.25) is 0 Å². The summed E-state index contributed by atoms with van der Waals surface area (Å²) in [6.07, 6.45) is 9.57. The van der Waals surface area contributed by atoms with Gasteiger partial charge < -0.3 is 10.1 Å². The first kappa shape index (κ1) is 17.2. The van der Waals surface area contributed by atoms with Crippen LogP contribution in [0.3, 0.4) is 0 Å². The number of ether oxygens (including phenoxy) is 1. The van der Waals surface area contributed by atoms with Gasteiger partial charge in [-0.25, -0.2) is 0 Å². The van der Waals surface area contributed by atoms with Gasteiger partial charge in [0.15, 0.2) is 0 Å². The number of piperazine rings is 1. The maximum atomic E-state index is 5.62. The van der Waals surface area contributed by atoms with Crippen molar-refractivity contribution < 1.29 is 4.74 Å². The quantitative estimate of drug-likeness (QED) is 0.812. The van der Waals surface area contributed by atoms with Crippen molar-refractivity contribution in [3.8, 4) is 0 Å². The van der Waals surface area contributed by atoms with Crippen LogP contribution in [0.5, 0.6) is 0 Å². The minimum absolute atomic E-state index is 0.00367. The molecule has 0 aromatic carbocycles. The van der Waals surface area contributed by atoms with Crippen molar-refractivity contribution in [2.45, 2.75) is 83.4 Å². The molecule has 1 aliphatic carbocycles. The fourth-order valence-corrected chi connectivity index (χ4v) is 3.93. The summed E-state index contributed by atoms with van der Waals surface area (Å²) >= 11 is 0. The molecule has 0 aromatic heterocycles. The highest BCUT2D eigenvalue weighted by Gasteiger charge is 2.34. The van der Waals surface area contributed by atoms with E-state index >= 15 is 0 Å². The lowest BCUT2D eigenvalue weighted by Gasteiger charge is -2.45. The molecule has 2 aliphatic rings. The zero-order valence-corrected chi connectivity index (χ0v) is 14.7. The van der Waals surface area contributed by atoms with Crippen molar-refractivity contribution in [2.24, 2.45) is 5.92 Å². The molecule has 0 aromatic rings. The van der Waals surface area contributed by atoms with E-state index in [2.05, 4.69) is 31.0 Å². The van der Waals surface area contributed by atoms with Crippen molar-refractivity contribution in [2.75, 3.05) is 26.7 Å². The van der Waals surface area contributed by atoms with Gasteiger partial charge in [0.05, 0.1) is 5.60 Å². The molecule has 2 rings (SSSR count). The van der Waals surface area contributed by atoms with Crippen LogP contribution < -0.4 is 5.32 Å². The summed E-state index contributed by atoms with van der Waals surface area (Å²) in [4.78, 5) is 2.78. The Morgan fingerprint density at radius 3 is 2.52 bits per heavy atom. The smallest absolute Gasteiger partial charge is 0.0634 e. The van der Waals surface area contributed by atoms with Gasteiger partial charge in [-0.3, -0.25) is 4.90 Å². The van der Waals surface area contributed by atoms with Gasteiger partial charge in [-0.15, -0.1) is 0 Å². The Bertz CT molecular complexity index is 300. The van der Waals surface area contributed by atoms with Gasteiger partial charge in [0.1, 0.15) is 0 Å². The van der Waals surface area contributed by atoms with E-state index < -0.39 is 0 Å². The normalized spacial score (nSPS) is 29.7. The first-order valence-electron chi connectivity index (χ1n) is 9.08. The molecule has 1 aliphatic heterocycles. The lowest BCUT2D eigenvalue weighted by Crippen LogP contribution is -2.59. The lowest BCUT2D eigenvalue weighted by atomic mass is 9.82. The van der Waals surface area contributed by atoms with E-state index in [4.69, 9.17) is 4.74 Å². The van der Waals surface area contributed by atoms with Crippen LogP contribution in [-0.2, 0) is 4.74 Å². The third-order valence-electron chi connectivity index (χ3n) is 5.78. The number of hydrogen-bond donors (Lipinski definition) is 1. The maximum Gasteiger partial charge on any atom is 0.0634 e. The summed E-state index contributed by atoms with van der Waals surface area (Å²) in [6.45, 7) is 10.3. The van der Waals surface area contributed by atoms with E-state index in [1.54, 1.807) is 0 Å². The van der Waals surface area contributed by atoms with Gasteiger partial charge in [-0.1, -0.05) is 26.2 Å². The van der Waals surface area contributed by atoms with Gasteiger partial charge in [0.25, 0.3) is 0 Å². The van der Waals surface area contributed by atoms with E-state index in [0.717, 1.165) is 18.4 Å². The molecular weight excluding hydrogens is 260 g/mol. The molecular formula is C18H36N2O. The highest BCUT2D eigenvalue weighted by Crippen LogP contribution is 2.31. The van der Waals surface area contributed by atoms with Gasteiger partial charge in [-0.05, 0) is 45.4 Å². The summed E-state index contributed by atoms with van der Waals surface area (Å²) in [5, 5.41) is 3.78. The standard InChI is InChI=1S/C18H36N2O/c1-5-16-14-20(12-11-18(2,3)21-4)17(13-19-16)15-9-7-6-8-10-15/h15-17,19H,5-14H2,1-4H3. The monoisotopic (exact) mass is 296 g/mol. The number of rotatable bonds is 6. The minimum atomic E-state index is 0.00367. The van der Waals surface area contributed by atoms with E-state index in [0.29, 0.717) is 6.04 Å². The molecule has 0 spiro atoms. The van der Waals surface area contributed by atoms with Crippen LogP contribution in [0.15, 0.2) is 0 Å². The average Bonchev–Trinajstić information content (AvgIpc) is 2.53. The van der Waals surface area contributed by atoms with Crippen LogP contribution in [0, 0.1) is 5.92 Å². The Morgan fingerprint density at radius 1 is 1.19 bits per heavy atom. The second-order valence-corrected chi connectivity index (χ2v) is 7.69. The zero-order chi connectivity index (χ0) is 15.3. The number of nitrogens with one attached hydrogen (secondary N) is 1. The molecule has 1 N–H and O–H groups in total. The Morgan fingerprint density at radius 2 is 1.90 bits per heavy atom. The zero-order valence-electron chi connectivity index (χ0n) is 14.7. The Balaban J connectivity index is 1.95. The van der Waals surface area contributed by atoms with Crippen molar-refractivity contribution >= 4 is 0 Å². The van der Waals surface area contributed by atoms with Crippen molar-refractivity contribution in [3.05, 3.63) is 0 Å². The molecule has 2 unspecified atom stereocenters. The van der Waals surface area contributed by atoms with E-state index in [9.17, 15) is 0 Å². The van der Waals surface area contributed by atoms with Gasteiger partial charge in [0.2, 0.25) is 0 Å². The molecule has 3 heteroatoms. The first-order chi connectivity index (χ1) is 10.1. The summed E-state index contributed by atoms with van der Waals surface area (Å²) in [5.41, 5.74) is 0.00367. The predicted molar refractivity (Wildman–Crippen MR) is 89.7 cm³/mol. The predicted octanol–water partition coefficient (Wildman–Crippen LogP) is 3.43. The number of nitrogens with zero attached hydrogens (tertiary/aromatic N) is 1. The summed E-state index contributed by atoms with van der Waals surface area (Å²) < 4.78 is 5.62. The van der Waals surface area contributed by atoms with Crippen molar-refractivity contribution in [1.29, 1.82) is 0 Å². The van der Waals surface area contributed by atoms with Gasteiger partial charge in [-0.2, -0.15) is 0 Å². The second-order valence-electron chi connectivity index (χ2n) is 7.69. The molecule has 124 valence electrons.